The highest BCUT2D eigenvalue weighted by Gasteiger charge is 2.06. The highest BCUT2D eigenvalue weighted by molar-refractivity contribution is 5.95. The first kappa shape index (κ1) is 19.7. The number of nitrogens with zero attached hydrogens (tertiary/aromatic N) is 1. The van der Waals surface area contributed by atoms with Crippen molar-refractivity contribution in [3.05, 3.63) is 65.2 Å². The van der Waals surface area contributed by atoms with E-state index in [4.69, 9.17) is 4.74 Å². The summed E-state index contributed by atoms with van der Waals surface area (Å²) >= 11 is 0. The second kappa shape index (κ2) is 9.73. The van der Waals surface area contributed by atoms with Gasteiger partial charge in [0, 0.05) is 25.1 Å². The second-order valence-electron chi connectivity index (χ2n) is 6.42. The van der Waals surface area contributed by atoms with Crippen LogP contribution in [0.5, 0.6) is 5.75 Å². The van der Waals surface area contributed by atoms with Crippen LogP contribution in [0.25, 0.3) is 0 Å². The number of amides is 1. The fraction of sp³-hybridized carbons (Fsp3) is 0.333. The maximum atomic E-state index is 11.9. The van der Waals surface area contributed by atoms with Crippen molar-refractivity contribution in [2.45, 2.75) is 26.4 Å². The predicted molar refractivity (Wildman–Crippen MR) is 102 cm³/mol. The molecule has 5 heteroatoms. The molecule has 1 N–H and O–H groups in total. The first-order valence-corrected chi connectivity index (χ1v) is 8.73. The lowest BCUT2D eigenvalue weighted by Gasteiger charge is -2.11. The summed E-state index contributed by atoms with van der Waals surface area (Å²) < 4.78 is 5.46. The number of rotatable bonds is 9. The van der Waals surface area contributed by atoms with E-state index in [0.29, 0.717) is 24.3 Å². The fourth-order valence-electron chi connectivity index (χ4n) is 2.47. The summed E-state index contributed by atoms with van der Waals surface area (Å²) in [5, 5.41) is 2.84. The lowest BCUT2D eigenvalue weighted by molar-refractivity contribution is -0.123. The van der Waals surface area contributed by atoms with Crippen LogP contribution >= 0.6 is 0 Å². The number of ether oxygens (including phenoxy) is 1. The van der Waals surface area contributed by atoms with Gasteiger partial charge in [0.05, 0.1) is 0 Å². The number of Topliss-reactive ketones (excluding diaryl/α,β-unsaturated/α-hetero) is 1. The molecule has 138 valence electrons. The van der Waals surface area contributed by atoms with Crippen molar-refractivity contribution in [2.24, 2.45) is 0 Å². The van der Waals surface area contributed by atoms with Gasteiger partial charge in [-0.2, -0.15) is 0 Å². The van der Waals surface area contributed by atoms with Crippen molar-refractivity contribution in [3.63, 3.8) is 0 Å². The Kier molecular flexibility index (Phi) is 7.36. The zero-order chi connectivity index (χ0) is 18.9. The van der Waals surface area contributed by atoms with E-state index in [1.54, 1.807) is 24.3 Å². The van der Waals surface area contributed by atoms with Crippen molar-refractivity contribution in [1.29, 1.82) is 0 Å². The molecule has 0 aliphatic heterocycles. The van der Waals surface area contributed by atoms with Crippen LogP contribution in [-0.2, 0) is 17.9 Å². The van der Waals surface area contributed by atoms with Gasteiger partial charge >= 0.3 is 0 Å². The smallest absolute Gasteiger partial charge is 0.258 e. The lowest BCUT2D eigenvalue weighted by atomic mass is 10.1. The quantitative estimate of drug-likeness (QED) is 0.703. The Bertz CT molecular complexity index is 722. The topological polar surface area (TPSA) is 58.6 Å². The Labute approximate surface area is 155 Å². The van der Waals surface area contributed by atoms with Crippen molar-refractivity contribution < 1.29 is 14.3 Å². The van der Waals surface area contributed by atoms with Crippen LogP contribution in [-0.4, -0.2) is 37.3 Å². The SMILES string of the molecule is CCC(=O)c1ccc(OCC(=O)NCc2ccc(CN(C)C)cc2)cc1. The van der Waals surface area contributed by atoms with E-state index < -0.39 is 0 Å². The fourth-order valence-corrected chi connectivity index (χ4v) is 2.47. The number of hydrogen-bond acceptors (Lipinski definition) is 4. The van der Waals surface area contributed by atoms with Crippen LogP contribution in [0.4, 0.5) is 0 Å². The molecule has 5 nitrogen and oxygen atoms in total. The summed E-state index contributed by atoms with van der Waals surface area (Å²) in [5.74, 6) is 0.475. The molecule has 0 heterocycles. The average molecular weight is 354 g/mol. The van der Waals surface area contributed by atoms with Crippen molar-refractivity contribution >= 4 is 11.7 Å². The van der Waals surface area contributed by atoms with Gasteiger partial charge in [-0.25, -0.2) is 0 Å². The molecule has 0 aromatic heterocycles. The van der Waals surface area contributed by atoms with Crippen molar-refractivity contribution in [1.82, 2.24) is 10.2 Å². The molecule has 0 saturated carbocycles. The minimum Gasteiger partial charge on any atom is -0.484 e. The van der Waals surface area contributed by atoms with Gasteiger partial charge in [-0.1, -0.05) is 31.2 Å². The molecule has 2 rings (SSSR count). The minimum absolute atomic E-state index is 0.0558. The van der Waals surface area contributed by atoms with E-state index in [2.05, 4.69) is 22.3 Å². The molecule has 0 spiro atoms. The maximum absolute atomic E-state index is 11.9. The second-order valence-corrected chi connectivity index (χ2v) is 6.42. The molecule has 0 atom stereocenters. The Morgan fingerprint density at radius 1 is 0.962 bits per heavy atom. The van der Waals surface area contributed by atoms with Crippen LogP contribution in [0.3, 0.4) is 0 Å². The van der Waals surface area contributed by atoms with E-state index in [9.17, 15) is 9.59 Å². The van der Waals surface area contributed by atoms with Gasteiger partial charge < -0.3 is 15.0 Å². The molecule has 0 aliphatic carbocycles. The third kappa shape index (κ3) is 6.33. The summed E-state index contributed by atoms with van der Waals surface area (Å²) in [6.07, 6.45) is 0.471. The lowest BCUT2D eigenvalue weighted by Crippen LogP contribution is -2.28. The van der Waals surface area contributed by atoms with E-state index in [1.165, 1.54) is 5.56 Å². The van der Waals surface area contributed by atoms with Gasteiger partial charge in [0.2, 0.25) is 0 Å². The first-order valence-electron chi connectivity index (χ1n) is 8.73. The third-order valence-electron chi connectivity index (χ3n) is 3.88. The molecule has 0 unspecified atom stereocenters. The number of carbonyl (C=O) groups excluding carboxylic acids is 2. The molecule has 0 saturated heterocycles. The molecule has 0 radical (unpaired) electrons. The summed E-state index contributed by atoms with van der Waals surface area (Å²) in [6, 6.07) is 15.0. The molecule has 0 bridgehead atoms. The molecule has 2 aromatic carbocycles. The number of benzene rings is 2. The molecular weight excluding hydrogens is 328 g/mol. The molecule has 2 aromatic rings. The van der Waals surface area contributed by atoms with Crippen LogP contribution in [0.15, 0.2) is 48.5 Å². The van der Waals surface area contributed by atoms with Crippen LogP contribution in [0.1, 0.15) is 34.8 Å². The number of hydrogen-bond donors (Lipinski definition) is 1. The van der Waals surface area contributed by atoms with E-state index in [-0.39, 0.29) is 18.3 Å². The number of ketones is 1. The summed E-state index contributed by atoms with van der Waals surface area (Å²) in [4.78, 5) is 25.6. The Balaban J connectivity index is 1.75. The van der Waals surface area contributed by atoms with Crippen LogP contribution in [0.2, 0.25) is 0 Å². The molecule has 0 aliphatic rings. The largest absolute Gasteiger partial charge is 0.484 e. The monoisotopic (exact) mass is 354 g/mol. The molecule has 26 heavy (non-hydrogen) atoms. The first-order chi connectivity index (χ1) is 12.5. The normalized spacial score (nSPS) is 10.6. The van der Waals surface area contributed by atoms with E-state index in [0.717, 1.165) is 12.1 Å². The number of nitrogens with one attached hydrogen (secondary N) is 1. The Hall–Kier alpha value is -2.66. The van der Waals surface area contributed by atoms with E-state index >= 15 is 0 Å². The van der Waals surface area contributed by atoms with Gasteiger partial charge in [-0.3, -0.25) is 9.59 Å². The minimum atomic E-state index is -0.184. The Morgan fingerprint density at radius 2 is 1.58 bits per heavy atom. The third-order valence-corrected chi connectivity index (χ3v) is 3.88. The van der Waals surface area contributed by atoms with Crippen LogP contribution < -0.4 is 10.1 Å². The molecule has 1 amide bonds. The standard InChI is InChI=1S/C21H26N2O3/c1-4-20(24)18-9-11-19(12-10-18)26-15-21(25)22-13-16-5-7-17(8-6-16)14-23(2)3/h5-12H,4,13-15H2,1-3H3,(H,22,25). The van der Waals surface area contributed by atoms with Gasteiger partial charge in [-0.05, 0) is 49.5 Å². The predicted octanol–water partition coefficient (Wildman–Crippen LogP) is 3.04. The number of carbonyl (C=O) groups is 2. The molecule has 0 fully saturated rings. The maximum Gasteiger partial charge on any atom is 0.258 e. The Morgan fingerprint density at radius 3 is 2.15 bits per heavy atom. The van der Waals surface area contributed by atoms with Gasteiger partial charge in [-0.15, -0.1) is 0 Å². The van der Waals surface area contributed by atoms with Gasteiger partial charge in [0.25, 0.3) is 5.91 Å². The van der Waals surface area contributed by atoms with Crippen LogP contribution in [0, 0.1) is 0 Å². The highest BCUT2D eigenvalue weighted by atomic mass is 16.5. The van der Waals surface area contributed by atoms with Gasteiger partial charge in [0.15, 0.2) is 12.4 Å². The molecular formula is C21H26N2O3. The zero-order valence-electron chi connectivity index (χ0n) is 15.6. The zero-order valence-corrected chi connectivity index (χ0v) is 15.6. The summed E-state index contributed by atoms with van der Waals surface area (Å²) in [7, 11) is 4.06. The average Bonchev–Trinajstić information content (AvgIpc) is 2.65. The summed E-state index contributed by atoms with van der Waals surface area (Å²) in [6.45, 7) is 3.13. The highest BCUT2D eigenvalue weighted by Crippen LogP contribution is 2.13. The van der Waals surface area contributed by atoms with Crippen molar-refractivity contribution in [2.75, 3.05) is 20.7 Å². The van der Waals surface area contributed by atoms with Gasteiger partial charge in [0.1, 0.15) is 5.75 Å². The summed E-state index contributed by atoms with van der Waals surface area (Å²) in [5.41, 5.74) is 2.93. The van der Waals surface area contributed by atoms with E-state index in [1.807, 2.05) is 33.2 Å². The van der Waals surface area contributed by atoms with Crippen molar-refractivity contribution in [3.8, 4) is 5.75 Å².